The summed E-state index contributed by atoms with van der Waals surface area (Å²) in [5.41, 5.74) is 1.14. The van der Waals surface area contributed by atoms with Crippen molar-refractivity contribution in [1.82, 2.24) is 9.88 Å². The quantitative estimate of drug-likeness (QED) is 0.878. The number of amides is 1. The molecule has 132 valence electrons. The van der Waals surface area contributed by atoms with E-state index in [0.717, 1.165) is 24.8 Å². The Kier molecular flexibility index (Phi) is 5.43. The number of piperidine rings is 1. The molecule has 0 bridgehead atoms. The monoisotopic (exact) mass is 362 g/mol. The molecule has 3 rings (SSSR count). The molecule has 25 heavy (non-hydrogen) atoms. The highest BCUT2D eigenvalue weighted by Gasteiger charge is 2.29. The van der Waals surface area contributed by atoms with Gasteiger partial charge < -0.3 is 10.0 Å². The SMILES string of the molecule is O=C(O)CCC1CCCCN1C(=O)c1csc(-c2ccc(F)cc2)n1. The van der Waals surface area contributed by atoms with Crippen molar-refractivity contribution in [3.63, 3.8) is 0 Å². The van der Waals surface area contributed by atoms with Gasteiger partial charge in [0.25, 0.3) is 5.91 Å². The van der Waals surface area contributed by atoms with E-state index in [2.05, 4.69) is 4.98 Å². The molecule has 1 amide bonds. The van der Waals surface area contributed by atoms with Crippen LogP contribution < -0.4 is 0 Å². The highest BCUT2D eigenvalue weighted by Crippen LogP contribution is 2.27. The topological polar surface area (TPSA) is 70.5 Å². The number of aliphatic carboxylic acids is 1. The Bertz CT molecular complexity index is 760. The van der Waals surface area contributed by atoms with E-state index in [1.54, 1.807) is 22.4 Å². The number of carbonyl (C=O) groups excluding carboxylic acids is 1. The molecular weight excluding hydrogens is 343 g/mol. The maximum absolute atomic E-state index is 13.0. The lowest BCUT2D eigenvalue weighted by Gasteiger charge is -2.35. The summed E-state index contributed by atoms with van der Waals surface area (Å²) in [6.07, 6.45) is 3.28. The summed E-state index contributed by atoms with van der Waals surface area (Å²) in [6, 6.07) is 5.96. The molecule has 1 unspecified atom stereocenters. The van der Waals surface area contributed by atoms with E-state index in [1.165, 1.54) is 23.5 Å². The first-order valence-electron chi connectivity index (χ1n) is 8.29. The van der Waals surface area contributed by atoms with E-state index >= 15 is 0 Å². The fraction of sp³-hybridized carbons (Fsp3) is 0.389. The third kappa shape index (κ3) is 4.22. The van der Waals surface area contributed by atoms with Crippen molar-refractivity contribution >= 4 is 23.2 Å². The fourth-order valence-electron chi connectivity index (χ4n) is 3.10. The van der Waals surface area contributed by atoms with Gasteiger partial charge in [0.1, 0.15) is 16.5 Å². The Balaban J connectivity index is 1.75. The van der Waals surface area contributed by atoms with Crippen LogP contribution in [0.4, 0.5) is 4.39 Å². The van der Waals surface area contributed by atoms with Crippen LogP contribution in [0.15, 0.2) is 29.6 Å². The van der Waals surface area contributed by atoms with E-state index in [1.807, 2.05) is 0 Å². The van der Waals surface area contributed by atoms with Gasteiger partial charge in [0.15, 0.2) is 0 Å². The first-order chi connectivity index (χ1) is 12.0. The van der Waals surface area contributed by atoms with Crippen LogP contribution in [0.3, 0.4) is 0 Å². The number of nitrogens with zero attached hydrogens (tertiary/aromatic N) is 2. The number of hydrogen-bond donors (Lipinski definition) is 1. The van der Waals surface area contributed by atoms with Crippen LogP contribution in [-0.2, 0) is 4.79 Å². The predicted octanol–water partition coefficient (Wildman–Crippen LogP) is 3.81. The Morgan fingerprint density at radius 2 is 2.04 bits per heavy atom. The van der Waals surface area contributed by atoms with E-state index < -0.39 is 5.97 Å². The van der Waals surface area contributed by atoms with Crippen LogP contribution >= 0.6 is 11.3 Å². The number of rotatable bonds is 5. The second kappa shape index (κ2) is 7.74. The molecule has 1 fully saturated rings. The number of likely N-dealkylation sites (tertiary alicyclic amines) is 1. The normalized spacial score (nSPS) is 17.5. The second-order valence-electron chi connectivity index (χ2n) is 6.13. The number of aromatic nitrogens is 1. The van der Waals surface area contributed by atoms with E-state index in [0.29, 0.717) is 23.7 Å². The smallest absolute Gasteiger partial charge is 0.303 e. The molecule has 0 radical (unpaired) electrons. The number of benzene rings is 1. The lowest BCUT2D eigenvalue weighted by molar-refractivity contribution is -0.137. The second-order valence-corrected chi connectivity index (χ2v) is 6.98. The lowest BCUT2D eigenvalue weighted by Crippen LogP contribution is -2.44. The number of carbonyl (C=O) groups is 2. The van der Waals surface area contributed by atoms with Crippen LogP contribution in [0.2, 0.25) is 0 Å². The minimum absolute atomic E-state index is 0.0479. The molecule has 1 aromatic heterocycles. The Morgan fingerprint density at radius 1 is 1.28 bits per heavy atom. The van der Waals surface area contributed by atoms with Crippen molar-refractivity contribution in [3.05, 3.63) is 41.2 Å². The number of carboxylic acids is 1. The van der Waals surface area contributed by atoms with Crippen LogP contribution in [0.5, 0.6) is 0 Å². The number of carboxylic acid groups (broad SMARTS) is 1. The van der Waals surface area contributed by atoms with Crippen molar-refractivity contribution in [2.75, 3.05) is 6.54 Å². The molecule has 7 heteroatoms. The van der Waals surface area contributed by atoms with Gasteiger partial charge in [0.2, 0.25) is 0 Å². The van der Waals surface area contributed by atoms with E-state index in [-0.39, 0.29) is 24.2 Å². The molecule has 1 atom stereocenters. The minimum Gasteiger partial charge on any atom is -0.481 e. The third-order valence-electron chi connectivity index (χ3n) is 4.39. The zero-order valence-corrected chi connectivity index (χ0v) is 14.5. The predicted molar refractivity (Wildman–Crippen MR) is 93.1 cm³/mol. The molecule has 1 aliphatic heterocycles. The Morgan fingerprint density at radius 3 is 2.76 bits per heavy atom. The standard InChI is InChI=1S/C18H19FN2O3S/c19-13-6-4-12(5-7-13)17-20-15(11-25-17)18(24)21-10-2-1-3-14(21)8-9-16(22)23/h4-7,11,14H,1-3,8-10H2,(H,22,23). The van der Waals surface area contributed by atoms with Gasteiger partial charge in [0, 0.05) is 30.0 Å². The first kappa shape index (κ1) is 17.5. The molecule has 1 aromatic carbocycles. The van der Waals surface area contributed by atoms with Gasteiger partial charge in [-0.25, -0.2) is 9.37 Å². The van der Waals surface area contributed by atoms with Crippen LogP contribution in [0, 0.1) is 5.82 Å². The largest absolute Gasteiger partial charge is 0.481 e. The maximum atomic E-state index is 13.0. The molecule has 5 nitrogen and oxygen atoms in total. The van der Waals surface area contributed by atoms with Gasteiger partial charge in [-0.1, -0.05) is 0 Å². The van der Waals surface area contributed by atoms with Crippen molar-refractivity contribution < 1.29 is 19.1 Å². The van der Waals surface area contributed by atoms with Gasteiger partial charge in [-0.2, -0.15) is 0 Å². The number of thiazole rings is 1. The third-order valence-corrected chi connectivity index (χ3v) is 5.29. The summed E-state index contributed by atoms with van der Waals surface area (Å²) >= 11 is 1.35. The summed E-state index contributed by atoms with van der Waals surface area (Å²) in [5, 5.41) is 11.3. The molecule has 0 saturated carbocycles. The molecule has 1 saturated heterocycles. The van der Waals surface area contributed by atoms with Crippen molar-refractivity contribution in [2.45, 2.75) is 38.1 Å². The van der Waals surface area contributed by atoms with E-state index in [4.69, 9.17) is 5.11 Å². The molecule has 1 aliphatic rings. The molecule has 2 aromatic rings. The average Bonchev–Trinajstić information content (AvgIpc) is 3.10. The van der Waals surface area contributed by atoms with Gasteiger partial charge in [-0.3, -0.25) is 9.59 Å². The van der Waals surface area contributed by atoms with Crippen molar-refractivity contribution in [2.24, 2.45) is 0 Å². The summed E-state index contributed by atoms with van der Waals surface area (Å²) < 4.78 is 13.0. The van der Waals surface area contributed by atoms with E-state index in [9.17, 15) is 14.0 Å². The summed E-state index contributed by atoms with van der Waals surface area (Å²) in [6.45, 7) is 0.631. The maximum Gasteiger partial charge on any atom is 0.303 e. The van der Waals surface area contributed by atoms with Gasteiger partial charge in [-0.05, 0) is 49.9 Å². The van der Waals surface area contributed by atoms with Gasteiger partial charge >= 0.3 is 5.97 Å². The van der Waals surface area contributed by atoms with Crippen LogP contribution in [0.1, 0.15) is 42.6 Å². The highest BCUT2D eigenvalue weighted by molar-refractivity contribution is 7.13. The van der Waals surface area contributed by atoms with Gasteiger partial charge in [-0.15, -0.1) is 11.3 Å². The van der Waals surface area contributed by atoms with Crippen molar-refractivity contribution in [1.29, 1.82) is 0 Å². The Hall–Kier alpha value is -2.28. The molecule has 1 N–H and O–H groups in total. The van der Waals surface area contributed by atoms with Crippen LogP contribution in [0.25, 0.3) is 10.6 Å². The molecular formula is C18H19FN2O3S. The summed E-state index contributed by atoms with van der Waals surface area (Å²) in [7, 11) is 0. The average molecular weight is 362 g/mol. The summed E-state index contributed by atoms with van der Waals surface area (Å²) in [5.74, 6) is -1.31. The number of halogens is 1. The molecule has 2 heterocycles. The molecule has 0 aliphatic carbocycles. The van der Waals surface area contributed by atoms with Crippen LogP contribution in [-0.4, -0.2) is 39.5 Å². The van der Waals surface area contributed by atoms with Crippen molar-refractivity contribution in [3.8, 4) is 10.6 Å². The molecule has 0 spiro atoms. The van der Waals surface area contributed by atoms with Gasteiger partial charge in [0.05, 0.1) is 0 Å². The highest BCUT2D eigenvalue weighted by atomic mass is 32.1. The summed E-state index contributed by atoms with van der Waals surface area (Å²) in [4.78, 5) is 29.8. The Labute approximate surface area is 149 Å². The zero-order valence-electron chi connectivity index (χ0n) is 13.7. The first-order valence-corrected chi connectivity index (χ1v) is 9.17. The zero-order chi connectivity index (χ0) is 17.8. The number of hydrogen-bond acceptors (Lipinski definition) is 4. The fourth-order valence-corrected chi connectivity index (χ4v) is 3.90. The minimum atomic E-state index is -0.842. The lowest BCUT2D eigenvalue weighted by atomic mass is 9.97.